The number of carbonyl (C=O) groups excluding carboxylic acids is 1. The van der Waals surface area contributed by atoms with Crippen LogP contribution in [0, 0.1) is 0 Å². The number of likely N-dealkylation sites (N-methyl/N-ethyl adjacent to an activating group) is 1. The Morgan fingerprint density at radius 2 is 2.39 bits per heavy atom. The zero-order valence-electron chi connectivity index (χ0n) is 10.8. The number of amides is 1. The van der Waals surface area contributed by atoms with E-state index in [4.69, 9.17) is 10.6 Å². The quantitative estimate of drug-likeness (QED) is 0.410. The maximum atomic E-state index is 11.6. The fourth-order valence-electron chi connectivity index (χ4n) is 1.63. The lowest BCUT2D eigenvalue weighted by Crippen LogP contribution is -2.33. The fourth-order valence-corrected chi connectivity index (χ4v) is 1.63. The normalized spacial score (nSPS) is 10.7. The predicted octanol–water partition coefficient (Wildman–Crippen LogP) is 0.153. The van der Waals surface area contributed by atoms with Crippen molar-refractivity contribution in [3.05, 3.63) is 29.6 Å². The molecule has 0 aliphatic carbocycles. The van der Waals surface area contributed by atoms with Crippen molar-refractivity contribution >= 4 is 5.91 Å². The minimum absolute atomic E-state index is 0.319. The number of nitrogens with two attached hydrogens (primary N) is 1. The molecule has 0 spiro atoms. The van der Waals surface area contributed by atoms with Gasteiger partial charge in [0.1, 0.15) is 0 Å². The third kappa shape index (κ3) is 4.06. The van der Waals surface area contributed by atoms with Gasteiger partial charge in [0.25, 0.3) is 5.91 Å². The number of nitrogen functional groups attached to an aromatic ring is 1. The molecule has 0 aliphatic rings. The van der Waals surface area contributed by atoms with Crippen LogP contribution in [0.5, 0.6) is 0 Å². The van der Waals surface area contributed by atoms with Gasteiger partial charge < -0.3 is 4.74 Å². The molecule has 1 aromatic heterocycles. The number of pyridine rings is 1. The second-order valence-electron chi connectivity index (χ2n) is 3.83. The van der Waals surface area contributed by atoms with Crippen LogP contribution in [-0.4, -0.2) is 42.6 Å². The molecule has 0 saturated carbocycles. The van der Waals surface area contributed by atoms with Crippen LogP contribution >= 0.6 is 0 Å². The molecule has 0 radical (unpaired) electrons. The highest BCUT2D eigenvalue weighted by molar-refractivity contribution is 5.94. The van der Waals surface area contributed by atoms with Gasteiger partial charge in [0.15, 0.2) is 0 Å². The number of hydrogen-bond donors (Lipinski definition) is 2. The van der Waals surface area contributed by atoms with Gasteiger partial charge in [-0.2, -0.15) is 0 Å². The Hall–Kier alpha value is -1.50. The zero-order valence-corrected chi connectivity index (χ0v) is 10.8. The Morgan fingerprint density at radius 1 is 1.61 bits per heavy atom. The first-order valence-corrected chi connectivity index (χ1v) is 5.89. The number of carbonyl (C=O) groups is 1. The van der Waals surface area contributed by atoms with Crippen LogP contribution in [0.4, 0.5) is 0 Å². The summed E-state index contributed by atoms with van der Waals surface area (Å²) in [6.45, 7) is 4.97. The molecule has 0 bridgehead atoms. The van der Waals surface area contributed by atoms with Crippen LogP contribution in [0.1, 0.15) is 23.0 Å². The number of rotatable bonds is 7. The Morgan fingerprint density at radius 3 is 3.00 bits per heavy atom. The second kappa shape index (κ2) is 7.75. The molecule has 1 amide bonds. The summed E-state index contributed by atoms with van der Waals surface area (Å²) in [6, 6.07) is 3.44. The maximum Gasteiger partial charge on any atom is 0.267 e. The minimum atomic E-state index is -0.319. The van der Waals surface area contributed by atoms with Gasteiger partial charge in [-0.15, -0.1) is 0 Å². The standard InChI is InChI=1S/C12H20N4O2/c1-3-16(7-8-18-2)9-11-10(12(17)15-13)5-4-6-14-11/h4-6H,3,7-9,13H2,1-2H3,(H,15,17). The monoisotopic (exact) mass is 252 g/mol. The Balaban J connectivity index is 2.78. The molecule has 1 aromatic rings. The highest BCUT2D eigenvalue weighted by Gasteiger charge is 2.13. The average molecular weight is 252 g/mol. The van der Waals surface area contributed by atoms with Crippen molar-refractivity contribution < 1.29 is 9.53 Å². The van der Waals surface area contributed by atoms with Gasteiger partial charge in [-0.25, -0.2) is 5.84 Å². The SMILES string of the molecule is CCN(CCOC)Cc1ncccc1C(=O)NN. The number of hydrazine groups is 1. The van der Waals surface area contributed by atoms with Gasteiger partial charge in [-0.1, -0.05) is 6.92 Å². The number of ether oxygens (including phenoxy) is 1. The Labute approximate surface area is 107 Å². The van der Waals surface area contributed by atoms with Gasteiger partial charge in [-0.05, 0) is 18.7 Å². The number of nitrogens with zero attached hydrogens (tertiary/aromatic N) is 2. The Kier molecular flexibility index (Phi) is 6.27. The molecular formula is C12H20N4O2. The van der Waals surface area contributed by atoms with Crippen molar-refractivity contribution in [2.75, 3.05) is 26.8 Å². The van der Waals surface area contributed by atoms with Gasteiger partial charge in [0.05, 0.1) is 17.9 Å². The van der Waals surface area contributed by atoms with Crippen molar-refractivity contribution in [3.63, 3.8) is 0 Å². The van der Waals surface area contributed by atoms with E-state index < -0.39 is 0 Å². The van der Waals surface area contributed by atoms with Crippen molar-refractivity contribution in [2.24, 2.45) is 5.84 Å². The van der Waals surface area contributed by atoms with E-state index in [1.165, 1.54) is 0 Å². The molecule has 0 atom stereocenters. The van der Waals surface area contributed by atoms with Crippen molar-refractivity contribution in [1.29, 1.82) is 0 Å². The van der Waals surface area contributed by atoms with E-state index in [-0.39, 0.29) is 5.91 Å². The highest BCUT2D eigenvalue weighted by atomic mass is 16.5. The second-order valence-corrected chi connectivity index (χ2v) is 3.83. The summed E-state index contributed by atoms with van der Waals surface area (Å²) in [7, 11) is 1.67. The number of nitrogens with one attached hydrogen (secondary N) is 1. The molecule has 6 heteroatoms. The van der Waals surface area contributed by atoms with Gasteiger partial charge in [0, 0.05) is 26.4 Å². The molecule has 0 aromatic carbocycles. The van der Waals surface area contributed by atoms with E-state index in [9.17, 15) is 4.79 Å². The third-order valence-corrected chi connectivity index (χ3v) is 2.70. The van der Waals surface area contributed by atoms with Crippen LogP contribution < -0.4 is 11.3 Å². The molecular weight excluding hydrogens is 232 g/mol. The molecule has 0 fully saturated rings. The van der Waals surface area contributed by atoms with Gasteiger partial charge in [-0.3, -0.25) is 20.1 Å². The van der Waals surface area contributed by atoms with E-state index >= 15 is 0 Å². The first-order chi connectivity index (χ1) is 8.72. The molecule has 3 N–H and O–H groups in total. The number of aromatic nitrogens is 1. The smallest absolute Gasteiger partial charge is 0.267 e. The van der Waals surface area contributed by atoms with E-state index in [0.717, 1.165) is 18.8 Å². The van der Waals surface area contributed by atoms with Crippen LogP contribution in [-0.2, 0) is 11.3 Å². The zero-order chi connectivity index (χ0) is 13.4. The summed E-state index contributed by atoms with van der Waals surface area (Å²) in [5, 5.41) is 0. The fraction of sp³-hybridized carbons (Fsp3) is 0.500. The van der Waals surface area contributed by atoms with Crippen molar-refractivity contribution in [2.45, 2.75) is 13.5 Å². The van der Waals surface area contributed by atoms with Crippen molar-refractivity contribution in [1.82, 2.24) is 15.3 Å². The lowest BCUT2D eigenvalue weighted by molar-refractivity contribution is 0.0950. The number of hydrogen-bond acceptors (Lipinski definition) is 5. The molecule has 1 rings (SSSR count). The van der Waals surface area contributed by atoms with E-state index in [1.54, 1.807) is 25.4 Å². The minimum Gasteiger partial charge on any atom is -0.383 e. The van der Waals surface area contributed by atoms with E-state index in [0.29, 0.717) is 18.7 Å². The molecule has 0 saturated heterocycles. The average Bonchev–Trinajstić information content (AvgIpc) is 2.43. The lowest BCUT2D eigenvalue weighted by atomic mass is 10.1. The predicted molar refractivity (Wildman–Crippen MR) is 68.7 cm³/mol. The summed E-state index contributed by atoms with van der Waals surface area (Å²) < 4.78 is 5.05. The van der Waals surface area contributed by atoms with E-state index in [1.807, 2.05) is 0 Å². The summed E-state index contributed by atoms with van der Waals surface area (Å²) in [5.74, 6) is 4.84. The topological polar surface area (TPSA) is 80.5 Å². The third-order valence-electron chi connectivity index (χ3n) is 2.70. The summed E-state index contributed by atoms with van der Waals surface area (Å²) in [4.78, 5) is 18.0. The van der Waals surface area contributed by atoms with Gasteiger partial charge >= 0.3 is 0 Å². The number of methoxy groups -OCH3 is 1. The first-order valence-electron chi connectivity index (χ1n) is 5.89. The molecule has 0 unspecified atom stereocenters. The van der Waals surface area contributed by atoms with Crippen LogP contribution in [0.2, 0.25) is 0 Å². The van der Waals surface area contributed by atoms with Crippen LogP contribution in [0.3, 0.4) is 0 Å². The largest absolute Gasteiger partial charge is 0.383 e. The summed E-state index contributed by atoms with van der Waals surface area (Å²) >= 11 is 0. The summed E-state index contributed by atoms with van der Waals surface area (Å²) in [5.41, 5.74) is 3.36. The molecule has 1 heterocycles. The maximum absolute atomic E-state index is 11.6. The summed E-state index contributed by atoms with van der Waals surface area (Å²) in [6.07, 6.45) is 1.67. The van der Waals surface area contributed by atoms with Crippen molar-refractivity contribution in [3.8, 4) is 0 Å². The molecule has 18 heavy (non-hydrogen) atoms. The Bertz CT molecular complexity index is 384. The van der Waals surface area contributed by atoms with E-state index in [2.05, 4.69) is 22.2 Å². The molecule has 100 valence electrons. The molecule has 6 nitrogen and oxygen atoms in total. The van der Waals surface area contributed by atoms with Gasteiger partial charge in [0.2, 0.25) is 0 Å². The van der Waals surface area contributed by atoms with Crippen LogP contribution in [0.25, 0.3) is 0 Å². The van der Waals surface area contributed by atoms with Crippen LogP contribution in [0.15, 0.2) is 18.3 Å². The lowest BCUT2D eigenvalue weighted by Gasteiger charge is -2.20. The molecule has 0 aliphatic heterocycles. The highest BCUT2D eigenvalue weighted by Crippen LogP contribution is 2.08. The first kappa shape index (κ1) is 14.6.